The zero-order valence-electron chi connectivity index (χ0n) is 11.4. The highest BCUT2D eigenvalue weighted by Gasteiger charge is 2.15. The van der Waals surface area contributed by atoms with Crippen LogP contribution in [0.2, 0.25) is 0 Å². The van der Waals surface area contributed by atoms with Crippen LogP contribution in [-0.2, 0) is 9.84 Å². The minimum absolute atomic E-state index is 0.0624. The molecule has 0 spiro atoms. The lowest BCUT2D eigenvalue weighted by Gasteiger charge is -2.10. The Balaban J connectivity index is 2.62. The van der Waals surface area contributed by atoms with Gasteiger partial charge in [0.25, 0.3) is 0 Å². The van der Waals surface area contributed by atoms with Crippen LogP contribution < -0.4 is 5.73 Å². The predicted octanol–water partition coefficient (Wildman–Crippen LogP) is 1.25. The smallest absolute Gasteiger partial charge is 0.179 e. The molecule has 1 aromatic rings. The van der Waals surface area contributed by atoms with Crippen molar-refractivity contribution in [1.82, 2.24) is 0 Å². The SMILES string of the molecule is CC(CCO)SCCS(=O)(=O)c1ccc(C(=N)N)cc1. The number of nitrogens with one attached hydrogen (secondary N) is 1. The molecular formula is C13H20N2O3S2. The molecule has 0 saturated carbocycles. The Morgan fingerprint density at radius 3 is 2.50 bits per heavy atom. The van der Waals surface area contributed by atoms with Crippen LogP contribution in [0.5, 0.6) is 0 Å². The Kier molecular flexibility index (Phi) is 6.51. The van der Waals surface area contributed by atoms with E-state index in [1.54, 1.807) is 0 Å². The standard InChI is InChI=1S/C13H20N2O3S2/c1-10(6-7-16)19-8-9-20(17,18)12-4-2-11(3-5-12)13(14)15/h2-5,10,16H,6-9H2,1H3,(H3,14,15). The van der Waals surface area contributed by atoms with Crippen LogP contribution in [0.4, 0.5) is 0 Å². The van der Waals surface area contributed by atoms with Gasteiger partial charge in [-0.25, -0.2) is 8.42 Å². The van der Waals surface area contributed by atoms with Gasteiger partial charge in [-0.2, -0.15) is 11.8 Å². The van der Waals surface area contributed by atoms with Crippen LogP contribution in [0, 0.1) is 5.41 Å². The van der Waals surface area contributed by atoms with E-state index in [0.717, 1.165) is 0 Å². The highest BCUT2D eigenvalue weighted by Crippen LogP contribution is 2.17. The molecule has 1 aromatic carbocycles. The number of nitrogens with two attached hydrogens (primary N) is 1. The summed E-state index contributed by atoms with van der Waals surface area (Å²) in [6.07, 6.45) is 0.665. The van der Waals surface area contributed by atoms with Crippen molar-refractivity contribution in [2.24, 2.45) is 5.73 Å². The van der Waals surface area contributed by atoms with Crippen LogP contribution in [0.3, 0.4) is 0 Å². The Labute approximate surface area is 124 Å². The van der Waals surface area contributed by atoms with E-state index in [1.165, 1.54) is 36.0 Å². The maximum atomic E-state index is 12.1. The van der Waals surface area contributed by atoms with Crippen molar-refractivity contribution in [1.29, 1.82) is 5.41 Å². The molecule has 0 radical (unpaired) electrons. The Hall–Kier alpha value is -1.05. The first kappa shape index (κ1) is 17.0. The second-order valence-electron chi connectivity index (χ2n) is 4.45. The van der Waals surface area contributed by atoms with Gasteiger partial charge in [0, 0.05) is 23.2 Å². The number of aliphatic hydroxyl groups excluding tert-OH is 1. The number of nitrogen functional groups attached to an aromatic ring is 1. The third-order valence-electron chi connectivity index (χ3n) is 2.81. The first-order chi connectivity index (χ1) is 9.36. The average molecular weight is 316 g/mol. The minimum Gasteiger partial charge on any atom is -0.396 e. The quantitative estimate of drug-likeness (QED) is 0.494. The summed E-state index contributed by atoms with van der Waals surface area (Å²) in [5.74, 6) is 0.479. The van der Waals surface area contributed by atoms with Gasteiger partial charge in [-0.1, -0.05) is 19.1 Å². The molecule has 0 amide bonds. The number of aliphatic hydroxyl groups is 1. The molecular weight excluding hydrogens is 296 g/mol. The number of thioether (sulfide) groups is 1. The molecule has 7 heteroatoms. The maximum Gasteiger partial charge on any atom is 0.179 e. The van der Waals surface area contributed by atoms with Gasteiger partial charge in [-0.05, 0) is 18.6 Å². The van der Waals surface area contributed by atoms with Crippen molar-refractivity contribution in [3.8, 4) is 0 Å². The first-order valence-corrected chi connectivity index (χ1v) is 8.96. The second kappa shape index (κ2) is 7.66. The van der Waals surface area contributed by atoms with Crippen molar-refractivity contribution >= 4 is 27.4 Å². The van der Waals surface area contributed by atoms with Crippen LogP contribution in [0.15, 0.2) is 29.2 Å². The summed E-state index contributed by atoms with van der Waals surface area (Å²) in [6.45, 7) is 2.09. The van der Waals surface area contributed by atoms with Gasteiger partial charge in [-0.15, -0.1) is 0 Å². The van der Waals surface area contributed by atoms with E-state index in [4.69, 9.17) is 16.2 Å². The van der Waals surface area contributed by atoms with Gasteiger partial charge in [-0.3, -0.25) is 5.41 Å². The summed E-state index contributed by atoms with van der Waals surface area (Å²) in [5.41, 5.74) is 5.83. The van der Waals surface area contributed by atoms with Gasteiger partial charge in [0.1, 0.15) is 5.84 Å². The second-order valence-corrected chi connectivity index (χ2v) is 8.11. The van der Waals surface area contributed by atoms with Gasteiger partial charge in [0.2, 0.25) is 0 Å². The molecule has 0 heterocycles. The van der Waals surface area contributed by atoms with E-state index in [0.29, 0.717) is 17.7 Å². The van der Waals surface area contributed by atoms with Gasteiger partial charge in [0.15, 0.2) is 9.84 Å². The molecule has 0 fully saturated rings. The number of amidine groups is 1. The molecule has 0 aromatic heterocycles. The lowest BCUT2D eigenvalue weighted by Crippen LogP contribution is -2.13. The number of hydrogen-bond donors (Lipinski definition) is 3. The normalized spacial score (nSPS) is 13.1. The number of rotatable bonds is 8. The fourth-order valence-corrected chi connectivity index (χ4v) is 4.31. The summed E-state index contributed by atoms with van der Waals surface area (Å²) in [4.78, 5) is 0.248. The Morgan fingerprint density at radius 1 is 1.40 bits per heavy atom. The lowest BCUT2D eigenvalue weighted by atomic mass is 10.2. The largest absolute Gasteiger partial charge is 0.396 e. The Bertz CT molecular complexity index is 541. The summed E-state index contributed by atoms with van der Waals surface area (Å²) in [7, 11) is -3.31. The zero-order chi connectivity index (χ0) is 15.2. The van der Waals surface area contributed by atoms with E-state index < -0.39 is 9.84 Å². The van der Waals surface area contributed by atoms with Gasteiger partial charge in [0.05, 0.1) is 10.6 Å². The van der Waals surface area contributed by atoms with E-state index in [2.05, 4.69) is 0 Å². The van der Waals surface area contributed by atoms with Crippen LogP contribution >= 0.6 is 11.8 Å². The van der Waals surface area contributed by atoms with E-state index >= 15 is 0 Å². The maximum absolute atomic E-state index is 12.1. The first-order valence-electron chi connectivity index (χ1n) is 6.26. The molecule has 1 unspecified atom stereocenters. The summed E-state index contributed by atoms with van der Waals surface area (Å²) >= 11 is 1.54. The summed E-state index contributed by atoms with van der Waals surface area (Å²) in [6, 6.07) is 6.04. The van der Waals surface area contributed by atoms with Crippen molar-refractivity contribution in [2.75, 3.05) is 18.1 Å². The summed E-state index contributed by atoms with van der Waals surface area (Å²) < 4.78 is 24.2. The molecule has 0 aliphatic rings. The van der Waals surface area contributed by atoms with Gasteiger partial charge >= 0.3 is 0 Å². The topological polar surface area (TPSA) is 104 Å². The Morgan fingerprint density at radius 2 is 2.00 bits per heavy atom. The highest BCUT2D eigenvalue weighted by atomic mass is 32.2. The molecule has 5 nitrogen and oxygen atoms in total. The van der Waals surface area contributed by atoms with Crippen molar-refractivity contribution < 1.29 is 13.5 Å². The third-order valence-corrected chi connectivity index (χ3v) is 6.05. The van der Waals surface area contributed by atoms with Crippen molar-refractivity contribution in [3.63, 3.8) is 0 Å². The zero-order valence-corrected chi connectivity index (χ0v) is 13.0. The van der Waals surface area contributed by atoms with E-state index in [-0.39, 0.29) is 28.3 Å². The fourth-order valence-electron chi connectivity index (χ4n) is 1.58. The molecule has 0 saturated heterocycles. The number of sulfone groups is 1. The van der Waals surface area contributed by atoms with Crippen molar-refractivity contribution in [3.05, 3.63) is 29.8 Å². The molecule has 1 rings (SSSR count). The van der Waals surface area contributed by atoms with Crippen molar-refractivity contribution in [2.45, 2.75) is 23.5 Å². The third kappa shape index (κ3) is 5.15. The number of hydrogen-bond acceptors (Lipinski definition) is 5. The molecule has 20 heavy (non-hydrogen) atoms. The predicted molar refractivity (Wildman–Crippen MR) is 83.1 cm³/mol. The molecule has 1 atom stereocenters. The highest BCUT2D eigenvalue weighted by molar-refractivity contribution is 8.01. The van der Waals surface area contributed by atoms with E-state index in [1.807, 2.05) is 6.92 Å². The van der Waals surface area contributed by atoms with E-state index in [9.17, 15) is 8.42 Å². The molecule has 4 N–H and O–H groups in total. The monoisotopic (exact) mass is 316 g/mol. The number of benzene rings is 1. The fraction of sp³-hybridized carbons (Fsp3) is 0.462. The summed E-state index contributed by atoms with van der Waals surface area (Å²) in [5, 5.41) is 16.3. The molecule has 0 bridgehead atoms. The molecule has 0 aliphatic carbocycles. The van der Waals surface area contributed by atoms with Crippen LogP contribution in [-0.4, -0.2) is 42.7 Å². The molecule has 0 aliphatic heterocycles. The van der Waals surface area contributed by atoms with Crippen LogP contribution in [0.25, 0.3) is 0 Å². The van der Waals surface area contributed by atoms with Gasteiger partial charge < -0.3 is 10.8 Å². The minimum atomic E-state index is -3.31. The average Bonchev–Trinajstić information content (AvgIpc) is 2.39. The van der Waals surface area contributed by atoms with Crippen LogP contribution in [0.1, 0.15) is 18.9 Å². The lowest BCUT2D eigenvalue weighted by molar-refractivity contribution is 0.289. The molecule has 112 valence electrons.